The molecule has 42 heavy (non-hydrogen) atoms. The summed E-state index contributed by atoms with van der Waals surface area (Å²) in [6.07, 6.45) is -0.258. The smallest absolute Gasteiger partial charge is 0.406 e. The molecular formula is C33H44F3N3O3. The van der Waals surface area contributed by atoms with Crippen LogP contribution in [0, 0.1) is 0 Å². The number of carbonyl (C=O) groups is 2. The minimum absolute atomic E-state index is 0.00873. The number of nitrogens with one attached hydrogen (secondary N) is 1. The number of hydrogen-bond acceptors (Lipinski definition) is 5. The van der Waals surface area contributed by atoms with E-state index in [-0.39, 0.29) is 35.3 Å². The molecule has 1 N–H and O–H groups in total. The summed E-state index contributed by atoms with van der Waals surface area (Å²) in [6.45, 7) is 7.81. The lowest BCUT2D eigenvalue weighted by Crippen LogP contribution is -2.45. The van der Waals surface area contributed by atoms with Crippen molar-refractivity contribution in [1.82, 2.24) is 15.1 Å². The van der Waals surface area contributed by atoms with Gasteiger partial charge in [-0.05, 0) is 92.7 Å². The maximum absolute atomic E-state index is 13.3. The molecule has 230 valence electrons. The van der Waals surface area contributed by atoms with Crippen LogP contribution in [0.1, 0.15) is 69.2 Å². The molecule has 1 unspecified atom stereocenters. The number of carbonyl (C=O) groups excluding carboxylic acids is 2. The Morgan fingerprint density at radius 2 is 1.64 bits per heavy atom. The van der Waals surface area contributed by atoms with Gasteiger partial charge in [0.15, 0.2) is 5.78 Å². The summed E-state index contributed by atoms with van der Waals surface area (Å²) in [4.78, 5) is 29.9. The van der Waals surface area contributed by atoms with Crippen LogP contribution < -0.4 is 10.1 Å². The van der Waals surface area contributed by atoms with Crippen molar-refractivity contribution in [1.29, 1.82) is 0 Å². The lowest BCUT2D eigenvalue weighted by molar-refractivity contribution is -0.274. The van der Waals surface area contributed by atoms with Crippen molar-refractivity contribution in [3.8, 4) is 5.75 Å². The number of likely N-dealkylation sites (N-methyl/N-ethyl adjacent to an activating group) is 2. The number of aryl methyl sites for hydroxylation is 1. The molecular weight excluding hydrogens is 543 g/mol. The lowest BCUT2D eigenvalue weighted by atomic mass is 9.83. The average Bonchev–Trinajstić information content (AvgIpc) is 2.88. The molecule has 9 heteroatoms. The Labute approximate surface area is 247 Å². The normalized spacial score (nSPS) is 18.2. The van der Waals surface area contributed by atoms with Crippen molar-refractivity contribution in [2.45, 2.75) is 76.7 Å². The van der Waals surface area contributed by atoms with E-state index in [1.165, 1.54) is 17.7 Å². The van der Waals surface area contributed by atoms with E-state index in [1.807, 2.05) is 26.0 Å². The molecule has 0 spiro atoms. The summed E-state index contributed by atoms with van der Waals surface area (Å²) in [7, 11) is 5.84. The summed E-state index contributed by atoms with van der Waals surface area (Å²) in [5.74, 6) is -0.319. The van der Waals surface area contributed by atoms with Gasteiger partial charge in [0.05, 0.1) is 12.1 Å². The van der Waals surface area contributed by atoms with Crippen molar-refractivity contribution < 1.29 is 27.5 Å². The molecule has 1 aliphatic heterocycles. The molecule has 0 aromatic heterocycles. The molecule has 0 radical (unpaired) electrons. The van der Waals surface area contributed by atoms with Crippen LogP contribution in [-0.4, -0.2) is 68.1 Å². The number of halogens is 3. The van der Waals surface area contributed by atoms with Gasteiger partial charge in [0, 0.05) is 19.5 Å². The first-order chi connectivity index (χ1) is 19.6. The first kappa shape index (κ1) is 33.3. The van der Waals surface area contributed by atoms with E-state index in [0.717, 1.165) is 29.7 Å². The predicted molar refractivity (Wildman–Crippen MR) is 159 cm³/mol. The minimum atomic E-state index is -4.72. The highest BCUT2D eigenvalue weighted by Crippen LogP contribution is 2.38. The molecule has 1 heterocycles. The lowest BCUT2D eigenvalue weighted by Gasteiger charge is -2.39. The molecule has 2 atom stereocenters. The number of ether oxygens (including phenoxy) is 1. The molecule has 0 fully saturated rings. The van der Waals surface area contributed by atoms with Gasteiger partial charge in [0.1, 0.15) is 5.75 Å². The summed E-state index contributed by atoms with van der Waals surface area (Å²) >= 11 is 0. The molecule has 0 aliphatic carbocycles. The van der Waals surface area contributed by atoms with E-state index in [2.05, 4.69) is 60.0 Å². The van der Waals surface area contributed by atoms with Gasteiger partial charge in [-0.15, -0.1) is 13.2 Å². The van der Waals surface area contributed by atoms with E-state index in [1.54, 1.807) is 18.2 Å². The van der Waals surface area contributed by atoms with Gasteiger partial charge in [-0.3, -0.25) is 14.5 Å². The summed E-state index contributed by atoms with van der Waals surface area (Å²) in [6, 6.07) is 13.9. The van der Waals surface area contributed by atoms with Crippen LogP contribution in [-0.2, 0) is 21.4 Å². The Balaban J connectivity index is 1.74. The molecule has 1 amide bonds. The van der Waals surface area contributed by atoms with E-state index < -0.39 is 12.4 Å². The van der Waals surface area contributed by atoms with Crippen LogP contribution in [0.4, 0.5) is 13.2 Å². The van der Waals surface area contributed by atoms with Crippen molar-refractivity contribution in [2.24, 2.45) is 0 Å². The fourth-order valence-corrected chi connectivity index (χ4v) is 5.30. The highest BCUT2D eigenvalue weighted by Gasteiger charge is 2.35. The van der Waals surface area contributed by atoms with E-state index in [0.29, 0.717) is 25.8 Å². The number of amides is 1. The largest absolute Gasteiger partial charge is 0.573 e. The van der Waals surface area contributed by atoms with Gasteiger partial charge >= 0.3 is 6.36 Å². The quantitative estimate of drug-likeness (QED) is 0.320. The molecule has 2 aromatic carbocycles. The van der Waals surface area contributed by atoms with Gasteiger partial charge in [0.25, 0.3) is 0 Å². The third-order valence-electron chi connectivity index (χ3n) is 7.61. The van der Waals surface area contributed by atoms with Gasteiger partial charge in [-0.25, -0.2) is 0 Å². The molecule has 2 aromatic rings. The minimum Gasteiger partial charge on any atom is -0.406 e. The first-order valence-electron chi connectivity index (χ1n) is 14.5. The molecule has 0 bridgehead atoms. The topological polar surface area (TPSA) is 61.9 Å². The molecule has 6 nitrogen and oxygen atoms in total. The SMILES string of the molecule is CN(C)CCNC(=O)CC[C@H]1C(=O)C=C(CCCc2ccc(OC(F)(F)F)cc2)C(c2ccc(C(C)(C)C)cc2)N1C. The Bertz CT molecular complexity index is 1220. The Morgan fingerprint density at radius 3 is 2.21 bits per heavy atom. The van der Waals surface area contributed by atoms with Gasteiger partial charge in [-0.1, -0.05) is 57.2 Å². The van der Waals surface area contributed by atoms with Crippen LogP contribution in [0.5, 0.6) is 5.75 Å². The third kappa shape index (κ3) is 9.98. The van der Waals surface area contributed by atoms with E-state index >= 15 is 0 Å². The summed E-state index contributed by atoms with van der Waals surface area (Å²) in [5.41, 5.74) is 4.20. The predicted octanol–water partition coefficient (Wildman–Crippen LogP) is 6.21. The zero-order chi connectivity index (χ0) is 31.1. The van der Waals surface area contributed by atoms with Crippen LogP contribution in [0.3, 0.4) is 0 Å². The van der Waals surface area contributed by atoms with Crippen LogP contribution in [0.2, 0.25) is 0 Å². The van der Waals surface area contributed by atoms with Crippen molar-refractivity contribution in [3.63, 3.8) is 0 Å². The number of benzene rings is 2. The summed E-state index contributed by atoms with van der Waals surface area (Å²) < 4.78 is 41.4. The van der Waals surface area contributed by atoms with Gasteiger partial charge in [0.2, 0.25) is 5.91 Å². The maximum Gasteiger partial charge on any atom is 0.573 e. The zero-order valence-corrected chi connectivity index (χ0v) is 25.6. The van der Waals surface area contributed by atoms with Crippen LogP contribution in [0.25, 0.3) is 0 Å². The van der Waals surface area contributed by atoms with Gasteiger partial charge in [-0.2, -0.15) is 0 Å². The van der Waals surface area contributed by atoms with Crippen LogP contribution >= 0.6 is 0 Å². The summed E-state index contributed by atoms with van der Waals surface area (Å²) in [5, 5.41) is 2.92. The Kier molecular flexibility index (Phi) is 11.4. The standard InChI is InChI=1S/C33H44F3N3O3/c1-32(2,3)26-14-12-24(13-15-26)31-25(9-7-8-23-10-16-27(17-11-23)42-33(34,35)36)22-29(40)28(39(31)6)18-19-30(41)37-20-21-38(4)5/h10-17,22,28,31H,7-9,18-21H2,1-6H3,(H,37,41)/t28-,31?/m0/s1. The highest BCUT2D eigenvalue weighted by atomic mass is 19.4. The highest BCUT2D eigenvalue weighted by molar-refractivity contribution is 5.96. The average molecular weight is 588 g/mol. The second-order valence-electron chi connectivity index (χ2n) is 12.3. The fraction of sp³-hybridized carbons (Fsp3) is 0.515. The molecule has 1 aliphatic rings. The first-order valence-corrected chi connectivity index (χ1v) is 14.5. The molecule has 0 saturated heterocycles. The zero-order valence-electron chi connectivity index (χ0n) is 25.6. The van der Waals surface area contributed by atoms with Crippen LogP contribution in [0.15, 0.2) is 60.2 Å². The third-order valence-corrected chi connectivity index (χ3v) is 7.61. The maximum atomic E-state index is 13.3. The number of ketones is 1. The second kappa shape index (κ2) is 14.3. The number of hydrogen-bond donors (Lipinski definition) is 1. The van der Waals surface area contributed by atoms with Gasteiger partial charge < -0.3 is 15.0 Å². The van der Waals surface area contributed by atoms with Crippen molar-refractivity contribution >= 4 is 11.7 Å². The number of alkyl halides is 3. The Hall–Kier alpha value is -3.17. The van der Waals surface area contributed by atoms with Crippen molar-refractivity contribution in [3.05, 3.63) is 76.9 Å². The van der Waals surface area contributed by atoms with E-state index in [4.69, 9.17) is 0 Å². The molecule has 3 rings (SSSR count). The fourth-order valence-electron chi connectivity index (χ4n) is 5.30. The Morgan fingerprint density at radius 1 is 1.00 bits per heavy atom. The molecule has 0 saturated carbocycles. The van der Waals surface area contributed by atoms with Crippen molar-refractivity contribution in [2.75, 3.05) is 34.2 Å². The van der Waals surface area contributed by atoms with E-state index in [9.17, 15) is 22.8 Å². The number of nitrogens with zero attached hydrogens (tertiary/aromatic N) is 2. The number of rotatable bonds is 12. The second-order valence-corrected chi connectivity index (χ2v) is 12.3. The monoisotopic (exact) mass is 587 g/mol.